The molecule has 7 heteroatoms. The lowest BCUT2D eigenvalue weighted by Gasteiger charge is -2.37. The van der Waals surface area contributed by atoms with Gasteiger partial charge in [0.1, 0.15) is 6.61 Å². The van der Waals surface area contributed by atoms with E-state index in [9.17, 15) is 4.79 Å². The van der Waals surface area contributed by atoms with Crippen LogP contribution in [0.2, 0.25) is 0 Å². The molecule has 0 aromatic carbocycles. The van der Waals surface area contributed by atoms with E-state index in [1.807, 2.05) is 19.1 Å². The normalized spacial score (nSPS) is 25.0. The molecule has 0 N–H and O–H groups in total. The van der Waals surface area contributed by atoms with Gasteiger partial charge in [-0.3, -0.25) is 4.79 Å². The average molecular weight is 292 g/mol. The zero-order chi connectivity index (χ0) is 14.8. The number of hydrogen-bond donors (Lipinski definition) is 0. The van der Waals surface area contributed by atoms with E-state index in [1.54, 1.807) is 4.90 Å². The minimum absolute atomic E-state index is 0.00504. The molecule has 0 spiro atoms. The Hall–Kier alpha value is -1.73. The number of likely N-dealkylation sites (tertiary alicyclic amines) is 1. The zero-order valence-electron chi connectivity index (χ0n) is 12.4. The summed E-state index contributed by atoms with van der Waals surface area (Å²) in [6.07, 6.45) is 0.0302. The standard InChI is InChI=1S/C14H20N4O3/c1-10-3-4-13(16-15-10)18-5-6-21-12-8-17(7-11(12)18)14(19)9-20-2/h3-4,11-12H,5-9H2,1-2H3/t11-,12+/m0/s1. The van der Waals surface area contributed by atoms with Gasteiger partial charge in [0.05, 0.1) is 24.4 Å². The summed E-state index contributed by atoms with van der Waals surface area (Å²) >= 11 is 0. The van der Waals surface area contributed by atoms with Gasteiger partial charge in [0, 0.05) is 26.7 Å². The van der Waals surface area contributed by atoms with Gasteiger partial charge >= 0.3 is 0 Å². The Morgan fingerprint density at radius 2 is 2.29 bits per heavy atom. The van der Waals surface area contributed by atoms with Gasteiger partial charge in [0.15, 0.2) is 5.82 Å². The number of methoxy groups -OCH3 is 1. The topological polar surface area (TPSA) is 67.8 Å². The molecule has 0 bridgehead atoms. The monoisotopic (exact) mass is 292 g/mol. The molecule has 1 aromatic rings. The van der Waals surface area contributed by atoms with Gasteiger partial charge in [-0.2, -0.15) is 5.10 Å². The Morgan fingerprint density at radius 3 is 3.00 bits per heavy atom. The van der Waals surface area contributed by atoms with Crippen molar-refractivity contribution in [2.45, 2.75) is 19.1 Å². The number of aryl methyl sites for hydroxylation is 1. The van der Waals surface area contributed by atoms with E-state index in [4.69, 9.17) is 9.47 Å². The molecule has 2 atom stereocenters. The summed E-state index contributed by atoms with van der Waals surface area (Å²) in [7, 11) is 1.53. The van der Waals surface area contributed by atoms with Crippen molar-refractivity contribution < 1.29 is 14.3 Å². The van der Waals surface area contributed by atoms with Crippen molar-refractivity contribution in [3.05, 3.63) is 17.8 Å². The third-order valence-electron chi connectivity index (χ3n) is 4.00. The summed E-state index contributed by atoms with van der Waals surface area (Å²) in [6, 6.07) is 4.07. The summed E-state index contributed by atoms with van der Waals surface area (Å²) < 4.78 is 10.7. The first kappa shape index (κ1) is 14.2. The van der Waals surface area contributed by atoms with Crippen LogP contribution in [0.3, 0.4) is 0 Å². The largest absolute Gasteiger partial charge is 0.375 e. The van der Waals surface area contributed by atoms with Crippen molar-refractivity contribution in [3.8, 4) is 0 Å². The molecular weight excluding hydrogens is 272 g/mol. The fraction of sp³-hybridized carbons (Fsp3) is 0.643. The van der Waals surface area contributed by atoms with Gasteiger partial charge in [-0.25, -0.2) is 0 Å². The first-order valence-electron chi connectivity index (χ1n) is 7.14. The van der Waals surface area contributed by atoms with E-state index in [-0.39, 0.29) is 24.7 Å². The quantitative estimate of drug-likeness (QED) is 0.771. The third-order valence-corrected chi connectivity index (χ3v) is 4.00. The van der Waals surface area contributed by atoms with Crippen LogP contribution in [0.5, 0.6) is 0 Å². The van der Waals surface area contributed by atoms with Crippen LogP contribution in [0, 0.1) is 6.92 Å². The molecule has 0 saturated carbocycles. The van der Waals surface area contributed by atoms with E-state index in [2.05, 4.69) is 15.1 Å². The second-order valence-electron chi connectivity index (χ2n) is 5.43. The van der Waals surface area contributed by atoms with Gasteiger partial charge < -0.3 is 19.3 Å². The molecule has 2 saturated heterocycles. The van der Waals surface area contributed by atoms with Gasteiger partial charge in [0.2, 0.25) is 5.91 Å². The molecule has 3 rings (SSSR count). The molecule has 21 heavy (non-hydrogen) atoms. The maximum Gasteiger partial charge on any atom is 0.248 e. The van der Waals surface area contributed by atoms with Gasteiger partial charge in [-0.15, -0.1) is 5.10 Å². The predicted octanol–water partition coefficient (Wildman–Crippen LogP) is -0.153. The van der Waals surface area contributed by atoms with Crippen LogP contribution >= 0.6 is 0 Å². The molecule has 0 radical (unpaired) electrons. The molecule has 7 nitrogen and oxygen atoms in total. The SMILES string of the molecule is COCC(=O)N1C[C@H]2OCCN(c3ccc(C)nn3)[C@H]2C1. The highest BCUT2D eigenvalue weighted by molar-refractivity contribution is 5.78. The van der Waals surface area contributed by atoms with Crippen LogP contribution < -0.4 is 4.90 Å². The van der Waals surface area contributed by atoms with Gasteiger partial charge in [-0.05, 0) is 19.1 Å². The number of rotatable bonds is 3. The van der Waals surface area contributed by atoms with Crippen LogP contribution in [-0.4, -0.2) is 73.1 Å². The van der Waals surface area contributed by atoms with Crippen molar-refractivity contribution in [2.24, 2.45) is 0 Å². The van der Waals surface area contributed by atoms with E-state index >= 15 is 0 Å². The summed E-state index contributed by atoms with van der Waals surface area (Å²) in [5, 5.41) is 8.38. The number of amides is 1. The predicted molar refractivity (Wildman–Crippen MR) is 76.1 cm³/mol. The van der Waals surface area contributed by atoms with Gasteiger partial charge in [0.25, 0.3) is 0 Å². The molecule has 2 aliphatic heterocycles. The fourth-order valence-electron chi connectivity index (χ4n) is 2.94. The highest BCUT2D eigenvalue weighted by Crippen LogP contribution is 2.26. The fourth-order valence-corrected chi connectivity index (χ4v) is 2.94. The average Bonchev–Trinajstić information content (AvgIpc) is 2.92. The van der Waals surface area contributed by atoms with E-state index in [1.165, 1.54) is 7.11 Å². The van der Waals surface area contributed by atoms with Crippen LogP contribution in [0.1, 0.15) is 5.69 Å². The van der Waals surface area contributed by atoms with Gasteiger partial charge in [-0.1, -0.05) is 0 Å². The molecule has 1 amide bonds. The molecular formula is C14H20N4O3. The van der Waals surface area contributed by atoms with E-state index in [0.717, 1.165) is 18.1 Å². The highest BCUT2D eigenvalue weighted by atomic mass is 16.5. The number of aromatic nitrogens is 2. The van der Waals surface area contributed by atoms with E-state index in [0.29, 0.717) is 19.7 Å². The van der Waals surface area contributed by atoms with Crippen molar-refractivity contribution in [1.82, 2.24) is 15.1 Å². The first-order valence-corrected chi connectivity index (χ1v) is 7.14. The Kier molecular flexibility index (Phi) is 4.03. The minimum atomic E-state index is 0.00504. The second kappa shape index (κ2) is 5.95. The Labute approximate surface area is 123 Å². The van der Waals surface area contributed by atoms with Crippen LogP contribution in [0.15, 0.2) is 12.1 Å². The lowest BCUT2D eigenvalue weighted by atomic mass is 10.1. The number of fused-ring (bicyclic) bond motifs is 1. The van der Waals surface area contributed by atoms with E-state index < -0.39 is 0 Å². The first-order chi connectivity index (χ1) is 10.2. The van der Waals surface area contributed by atoms with Crippen LogP contribution in [-0.2, 0) is 14.3 Å². The lowest BCUT2D eigenvalue weighted by Crippen LogP contribution is -2.51. The minimum Gasteiger partial charge on any atom is -0.375 e. The van der Waals surface area contributed by atoms with Crippen molar-refractivity contribution >= 4 is 11.7 Å². The summed E-state index contributed by atoms with van der Waals surface area (Å²) in [5.41, 5.74) is 0.895. The Bertz CT molecular complexity index is 507. The maximum absolute atomic E-state index is 12.0. The molecule has 2 fully saturated rings. The Morgan fingerprint density at radius 1 is 1.43 bits per heavy atom. The summed E-state index contributed by atoms with van der Waals surface area (Å²) in [5.74, 6) is 0.852. The third kappa shape index (κ3) is 2.84. The number of nitrogens with zero attached hydrogens (tertiary/aromatic N) is 4. The number of morpholine rings is 1. The van der Waals surface area contributed by atoms with Crippen molar-refractivity contribution in [2.75, 3.05) is 44.9 Å². The van der Waals surface area contributed by atoms with Crippen molar-refractivity contribution in [3.63, 3.8) is 0 Å². The second-order valence-corrected chi connectivity index (χ2v) is 5.43. The molecule has 114 valence electrons. The van der Waals surface area contributed by atoms with Crippen LogP contribution in [0.4, 0.5) is 5.82 Å². The highest BCUT2D eigenvalue weighted by Gasteiger charge is 2.42. The van der Waals surface area contributed by atoms with Crippen LogP contribution in [0.25, 0.3) is 0 Å². The molecule has 0 aliphatic carbocycles. The number of carbonyl (C=O) groups excluding carboxylic acids is 1. The molecule has 1 aromatic heterocycles. The number of carbonyl (C=O) groups is 1. The number of hydrogen-bond acceptors (Lipinski definition) is 6. The zero-order valence-corrected chi connectivity index (χ0v) is 12.4. The number of anilines is 1. The maximum atomic E-state index is 12.0. The smallest absolute Gasteiger partial charge is 0.248 e. The number of ether oxygens (including phenoxy) is 2. The van der Waals surface area contributed by atoms with Crippen molar-refractivity contribution in [1.29, 1.82) is 0 Å². The Balaban J connectivity index is 1.75. The molecule has 2 aliphatic rings. The lowest BCUT2D eigenvalue weighted by molar-refractivity contribution is -0.134. The summed E-state index contributed by atoms with van der Waals surface area (Å²) in [6.45, 7) is 4.70. The molecule has 0 unspecified atom stereocenters. The molecule has 3 heterocycles. The summed E-state index contributed by atoms with van der Waals surface area (Å²) in [4.78, 5) is 16.0.